The van der Waals surface area contributed by atoms with Crippen molar-refractivity contribution in [1.82, 2.24) is 0 Å². The second-order valence-electron chi connectivity index (χ2n) is 3.20. The number of aliphatic hydroxyl groups excluding tert-OH is 1. The van der Waals surface area contributed by atoms with Crippen LogP contribution in [0.4, 0.5) is 0 Å². The molecule has 1 radical (unpaired) electrons. The summed E-state index contributed by atoms with van der Waals surface area (Å²) >= 11 is 0. The van der Waals surface area contributed by atoms with Crippen molar-refractivity contribution >= 4 is 0 Å². The van der Waals surface area contributed by atoms with E-state index in [1.807, 2.05) is 0 Å². The summed E-state index contributed by atoms with van der Waals surface area (Å²) in [5.74, 6) is 0. The van der Waals surface area contributed by atoms with Crippen LogP contribution < -0.4 is 0 Å². The van der Waals surface area contributed by atoms with E-state index in [2.05, 4.69) is 19.1 Å². The summed E-state index contributed by atoms with van der Waals surface area (Å²) in [6, 6.07) is 0. The van der Waals surface area contributed by atoms with E-state index in [1.54, 1.807) is 0 Å². The fourth-order valence-corrected chi connectivity index (χ4v) is 1.25. The zero-order valence-electron chi connectivity index (χ0n) is 8.84. The molecule has 75 valence electrons. The molecule has 0 spiro atoms. The Hall–Kier alpha value is 1.14. The van der Waals surface area contributed by atoms with Gasteiger partial charge in [-0.2, -0.15) is 0 Å². The Bertz CT molecular complexity index is 102. The third-order valence-electron chi connectivity index (χ3n) is 2.01. The van der Waals surface area contributed by atoms with Crippen LogP contribution in [0, 0.1) is 44.1 Å². The Morgan fingerprint density at radius 1 is 0.923 bits per heavy atom. The minimum Gasteiger partial charge on any atom is -0.396 e. The number of unbranched alkanes of at least 4 members (excludes halogenated alkanes) is 6. The first-order chi connectivity index (χ1) is 5.91. The maximum Gasteiger partial charge on any atom is 0.0431 e. The van der Waals surface area contributed by atoms with Crippen molar-refractivity contribution in [3.8, 4) is 0 Å². The van der Waals surface area contributed by atoms with Gasteiger partial charge in [-0.15, -0.1) is 0 Å². The third-order valence-corrected chi connectivity index (χ3v) is 2.01. The van der Waals surface area contributed by atoms with E-state index in [1.165, 1.54) is 38.5 Å². The van der Waals surface area contributed by atoms with Crippen molar-refractivity contribution < 1.29 is 49.2 Å². The summed E-state index contributed by atoms with van der Waals surface area (Å²) in [7, 11) is 0. The van der Waals surface area contributed by atoms with Gasteiger partial charge in [0.05, 0.1) is 0 Å². The first-order valence-electron chi connectivity index (χ1n) is 5.14. The van der Waals surface area contributed by atoms with E-state index in [4.69, 9.17) is 5.11 Å². The Morgan fingerprint density at radius 3 is 2.00 bits per heavy atom. The summed E-state index contributed by atoms with van der Waals surface area (Å²) in [6.45, 7) is 2.43. The van der Waals surface area contributed by atoms with Gasteiger partial charge in [-0.3, -0.25) is 0 Å². The zero-order chi connectivity index (χ0) is 9.07. The standard InChI is InChI=1S/C11H22O.Ac/c1-2-3-4-5-6-7-8-9-10-11-12;/h2-3,12H,4-11H2,1H3;. The molecule has 0 aliphatic carbocycles. The van der Waals surface area contributed by atoms with Crippen LogP contribution in [0.1, 0.15) is 51.9 Å². The molecule has 0 aliphatic rings. The molecule has 0 amide bonds. The molecule has 0 saturated carbocycles. The van der Waals surface area contributed by atoms with Gasteiger partial charge in [0.25, 0.3) is 0 Å². The van der Waals surface area contributed by atoms with Crippen molar-refractivity contribution in [3.05, 3.63) is 12.2 Å². The number of hydrogen-bond acceptors (Lipinski definition) is 1. The van der Waals surface area contributed by atoms with Crippen LogP contribution in [0.25, 0.3) is 0 Å². The molecule has 0 rings (SSSR count). The molecule has 0 atom stereocenters. The van der Waals surface area contributed by atoms with E-state index in [0.717, 1.165) is 6.42 Å². The summed E-state index contributed by atoms with van der Waals surface area (Å²) in [4.78, 5) is 0. The predicted molar refractivity (Wildman–Crippen MR) is 54.2 cm³/mol. The summed E-state index contributed by atoms with van der Waals surface area (Å²) in [5, 5.41) is 8.53. The molecule has 1 nitrogen and oxygen atoms in total. The average molecular weight is 397 g/mol. The summed E-state index contributed by atoms with van der Waals surface area (Å²) in [6.07, 6.45) is 13.0. The molecule has 0 aromatic carbocycles. The summed E-state index contributed by atoms with van der Waals surface area (Å²) < 4.78 is 0. The first-order valence-corrected chi connectivity index (χ1v) is 5.14. The van der Waals surface area contributed by atoms with Crippen molar-refractivity contribution in [3.63, 3.8) is 0 Å². The minimum absolute atomic E-state index is 0. The Balaban J connectivity index is 0. The van der Waals surface area contributed by atoms with Gasteiger partial charge < -0.3 is 5.11 Å². The second kappa shape index (κ2) is 15.6. The maximum absolute atomic E-state index is 8.53. The van der Waals surface area contributed by atoms with Crippen LogP contribution >= 0.6 is 0 Å². The Labute approximate surface area is 119 Å². The van der Waals surface area contributed by atoms with Crippen LogP contribution in [0.15, 0.2) is 12.2 Å². The smallest absolute Gasteiger partial charge is 0.0431 e. The fourth-order valence-electron chi connectivity index (χ4n) is 1.25. The second-order valence-corrected chi connectivity index (χ2v) is 3.20. The number of hydrogen-bond donors (Lipinski definition) is 1. The molecule has 0 saturated heterocycles. The maximum atomic E-state index is 8.53. The molecule has 2 heteroatoms. The van der Waals surface area contributed by atoms with Crippen LogP contribution in [0.5, 0.6) is 0 Å². The molecule has 0 heterocycles. The van der Waals surface area contributed by atoms with E-state index in [0.29, 0.717) is 6.61 Å². The number of aliphatic hydroxyl groups is 1. The fraction of sp³-hybridized carbons (Fsp3) is 0.818. The van der Waals surface area contributed by atoms with Gasteiger partial charge in [0.1, 0.15) is 0 Å². The monoisotopic (exact) mass is 397 g/mol. The van der Waals surface area contributed by atoms with Gasteiger partial charge in [0, 0.05) is 50.7 Å². The predicted octanol–water partition coefficient (Wildman–Crippen LogP) is 3.29. The molecule has 1 N–H and O–H groups in total. The van der Waals surface area contributed by atoms with Crippen LogP contribution in [-0.2, 0) is 0 Å². The SMILES string of the molecule is CC=CCCCCCCCCO.[Ac]. The molecule has 0 aliphatic heterocycles. The van der Waals surface area contributed by atoms with Gasteiger partial charge in [-0.05, 0) is 26.2 Å². The molecule has 0 bridgehead atoms. The molecular weight excluding hydrogens is 375 g/mol. The largest absolute Gasteiger partial charge is 0.396 e. The summed E-state index contributed by atoms with van der Waals surface area (Å²) in [5.41, 5.74) is 0. The Kier molecular flexibility index (Phi) is 19.9. The van der Waals surface area contributed by atoms with Crippen LogP contribution in [0.3, 0.4) is 0 Å². The zero-order valence-corrected chi connectivity index (χ0v) is 13.6. The average Bonchev–Trinajstić information content (AvgIpc) is 2.10. The quantitative estimate of drug-likeness (QED) is 0.493. The first kappa shape index (κ1) is 16.6. The van der Waals surface area contributed by atoms with Crippen molar-refractivity contribution in [2.45, 2.75) is 51.9 Å². The molecule has 0 aromatic rings. The number of rotatable bonds is 8. The topological polar surface area (TPSA) is 20.2 Å². The van der Waals surface area contributed by atoms with E-state index in [9.17, 15) is 0 Å². The Morgan fingerprint density at radius 2 is 1.46 bits per heavy atom. The van der Waals surface area contributed by atoms with Gasteiger partial charge >= 0.3 is 0 Å². The van der Waals surface area contributed by atoms with Gasteiger partial charge in [-0.25, -0.2) is 0 Å². The number of allylic oxidation sites excluding steroid dienone is 2. The molecule has 0 unspecified atom stereocenters. The van der Waals surface area contributed by atoms with E-state index in [-0.39, 0.29) is 44.1 Å². The normalized spacial score (nSPS) is 10.3. The van der Waals surface area contributed by atoms with Gasteiger partial charge in [-0.1, -0.05) is 37.8 Å². The molecule has 0 aromatic heterocycles. The van der Waals surface area contributed by atoms with Crippen LogP contribution in [-0.4, -0.2) is 11.7 Å². The molecule has 13 heavy (non-hydrogen) atoms. The molecule has 0 fully saturated rings. The third kappa shape index (κ3) is 15.9. The van der Waals surface area contributed by atoms with Gasteiger partial charge in [0.2, 0.25) is 0 Å². The minimum atomic E-state index is 0. The van der Waals surface area contributed by atoms with Gasteiger partial charge in [0.15, 0.2) is 0 Å². The van der Waals surface area contributed by atoms with Crippen molar-refractivity contribution in [2.75, 3.05) is 6.61 Å². The van der Waals surface area contributed by atoms with E-state index >= 15 is 0 Å². The van der Waals surface area contributed by atoms with E-state index < -0.39 is 0 Å². The van der Waals surface area contributed by atoms with Crippen molar-refractivity contribution in [2.24, 2.45) is 0 Å². The molecular formula is C11H22AcO. The van der Waals surface area contributed by atoms with Crippen LogP contribution in [0.2, 0.25) is 0 Å². The van der Waals surface area contributed by atoms with Crippen molar-refractivity contribution in [1.29, 1.82) is 0 Å².